The van der Waals surface area contributed by atoms with E-state index in [0.29, 0.717) is 23.7 Å². The minimum Gasteiger partial charge on any atom is -0.493 e. The summed E-state index contributed by atoms with van der Waals surface area (Å²) in [6.45, 7) is 3.46. The lowest BCUT2D eigenvalue weighted by Crippen LogP contribution is -2.48. The molecular weight excluding hydrogens is 458 g/mol. The molecule has 36 heavy (non-hydrogen) atoms. The highest BCUT2D eigenvalue weighted by molar-refractivity contribution is 5.99. The first-order chi connectivity index (χ1) is 17.4. The summed E-state index contributed by atoms with van der Waals surface area (Å²) in [5, 5.41) is 0.899. The Morgan fingerprint density at radius 3 is 2.33 bits per heavy atom. The van der Waals surface area contributed by atoms with Crippen molar-refractivity contribution < 1.29 is 28.5 Å². The number of aromatic nitrogens is 1. The molecule has 0 unspecified atom stereocenters. The maximum Gasteiger partial charge on any atom is 0.324 e. The highest BCUT2D eigenvalue weighted by atomic mass is 16.7. The molecule has 2 heterocycles. The number of cyclic esters (lactones) is 2. The number of para-hydroxylation sites is 1. The van der Waals surface area contributed by atoms with Gasteiger partial charge in [0.1, 0.15) is 6.61 Å². The van der Waals surface area contributed by atoms with E-state index in [1.807, 2.05) is 66.9 Å². The molecule has 0 amide bonds. The van der Waals surface area contributed by atoms with E-state index in [4.69, 9.17) is 18.9 Å². The van der Waals surface area contributed by atoms with E-state index in [9.17, 15) is 9.59 Å². The van der Waals surface area contributed by atoms with Gasteiger partial charge in [-0.2, -0.15) is 0 Å². The van der Waals surface area contributed by atoms with Gasteiger partial charge >= 0.3 is 11.9 Å². The van der Waals surface area contributed by atoms with Crippen LogP contribution in [-0.4, -0.2) is 29.8 Å². The average molecular weight is 486 g/mol. The maximum absolute atomic E-state index is 13.2. The molecule has 0 aliphatic carbocycles. The quantitative estimate of drug-likeness (QED) is 0.281. The summed E-state index contributed by atoms with van der Waals surface area (Å²) in [6.07, 6.45) is 1.82. The van der Waals surface area contributed by atoms with E-state index in [-0.39, 0.29) is 0 Å². The van der Waals surface area contributed by atoms with Crippen molar-refractivity contribution in [2.24, 2.45) is 5.92 Å². The largest absolute Gasteiger partial charge is 0.493 e. The monoisotopic (exact) mass is 485 g/mol. The Morgan fingerprint density at radius 1 is 0.917 bits per heavy atom. The summed E-state index contributed by atoms with van der Waals surface area (Å²) in [7, 11) is 1.56. The molecule has 0 saturated carbocycles. The minimum atomic E-state index is -1.32. The van der Waals surface area contributed by atoms with Gasteiger partial charge in [0.15, 0.2) is 17.4 Å². The van der Waals surface area contributed by atoms with Crippen LogP contribution in [0.25, 0.3) is 10.9 Å². The molecule has 184 valence electrons. The molecule has 1 aliphatic rings. The van der Waals surface area contributed by atoms with Gasteiger partial charge in [-0.15, -0.1) is 0 Å². The molecular formula is C29H27NO6. The second-order valence-corrected chi connectivity index (χ2v) is 9.17. The van der Waals surface area contributed by atoms with Crippen LogP contribution >= 0.6 is 0 Å². The van der Waals surface area contributed by atoms with Crippen LogP contribution in [0.1, 0.15) is 36.5 Å². The molecule has 0 bridgehead atoms. The van der Waals surface area contributed by atoms with Gasteiger partial charge in [-0.05, 0) is 34.9 Å². The molecule has 1 atom stereocenters. The first kappa shape index (κ1) is 23.5. The van der Waals surface area contributed by atoms with E-state index >= 15 is 0 Å². The predicted octanol–water partition coefficient (Wildman–Crippen LogP) is 5.34. The molecule has 1 fully saturated rings. The molecule has 1 aliphatic heterocycles. The van der Waals surface area contributed by atoms with Gasteiger partial charge in [0, 0.05) is 36.9 Å². The lowest BCUT2D eigenvalue weighted by Gasteiger charge is -2.36. The van der Waals surface area contributed by atoms with E-state index in [2.05, 4.69) is 4.98 Å². The maximum atomic E-state index is 13.2. The van der Waals surface area contributed by atoms with Crippen molar-refractivity contribution in [3.8, 4) is 11.5 Å². The van der Waals surface area contributed by atoms with Gasteiger partial charge in [-0.3, -0.25) is 9.59 Å². The molecule has 1 saturated heterocycles. The number of hydrogen-bond acceptors (Lipinski definition) is 6. The molecule has 4 aromatic rings. The Labute approximate surface area is 208 Å². The van der Waals surface area contributed by atoms with Crippen LogP contribution in [0.4, 0.5) is 0 Å². The fourth-order valence-electron chi connectivity index (χ4n) is 4.64. The van der Waals surface area contributed by atoms with Crippen molar-refractivity contribution in [1.29, 1.82) is 0 Å². The first-order valence-electron chi connectivity index (χ1n) is 11.7. The van der Waals surface area contributed by atoms with Gasteiger partial charge < -0.3 is 23.9 Å². The summed E-state index contributed by atoms with van der Waals surface area (Å²) in [5.74, 6) is -3.39. The summed E-state index contributed by atoms with van der Waals surface area (Å²) in [4.78, 5) is 29.6. The summed E-state index contributed by atoms with van der Waals surface area (Å²) >= 11 is 0. The zero-order chi connectivity index (χ0) is 25.3. The van der Waals surface area contributed by atoms with E-state index in [0.717, 1.165) is 22.0 Å². The fourth-order valence-corrected chi connectivity index (χ4v) is 4.64. The lowest BCUT2D eigenvalue weighted by molar-refractivity contribution is -0.240. The third kappa shape index (κ3) is 4.52. The van der Waals surface area contributed by atoms with Crippen molar-refractivity contribution in [2.75, 3.05) is 7.11 Å². The van der Waals surface area contributed by atoms with Crippen LogP contribution in [0.2, 0.25) is 0 Å². The van der Waals surface area contributed by atoms with Crippen LogP contribution in [0.3, 0.4) is 0 Å². The van der Waals surface area contributed by atoms with Crippen LogP contribution in [-0.2, 0) is 25.7 Å². The zero-order valence-electron chi connectivity index (χ0n) is 20.3. The van der Waals surface area contributed by atoms with Crippen molar-refractivity contribution >= 4 is 22.8 Å². The third-order valence-electron chi connectivity index (χ3n) is 6.27. The standard InChI is InChI=1S/C29H27NO6/c1-29(2)35-27(31)26(28(32)36-29)25(21-16-30-22-12-8-7-11-20(21)22)19-13-14-23(24(15-19)33-3)34-17-18-9-5-4-6-10-18/h4-16,25-26,30H,17H2,1-3H3/t25-/m0/s1. The Hall–Kier alpha value is -4.26. The molecule has 7 heteroatoms. The number of methoxy groups -OCH3 is 1. The summed E-state index contributed by atoms with van der Waals surface area (Å²) in [5.41, 5.74) is 3.40. The van der Waals surface area contributed by atoms with Crippen molar-refractivity contribution in [3.63, 3.8) is 0 Å². The Bertz CT molecular complexity index is 1390. The fraction of sp³-hybridized carbons (Fsp3) is 0.241. The average Bonchev–Trinajstić information content (AvgIpc) is 3.28. The molecule has 3 aromatic carbocycles. The number of H-pyrrole nitrogens is 1. The number of esters is 2. The topological polar surface area (TPSA) is 86.9 Å². The number of ether oxygens (including phenoxy) is 4. The molecule has 5 rings (SSSR count). The normalized spacial score (nSPS) is 16.3. The van der Waals surface area contributed by atoms with Gasteiger partial charge in [0.05, 0.1) is 7.11 Å². The Kier molecular flexibility index (Phi) is 6.14. The Morgan fingerprint density at radius 2 is 1.61 bits per heavy atom. The number of hydrogen-bond donors (Lipinski definition) is 1. The number of aromatic amines is 1. The smallest absolute Gasteiger partial charge is 0.324 e. The van der Waals surface area contributed by atoms with Crippen LogP contribution < -0.4 is 9.47 Å². The number of carbonyl (C=O) groups is 2. The zero-order valence-corrected chi connectivity index (χ0v) is 20.3. The van der Waals surface area contributed by atoms with Crippen molar-refractivity contribution in [1.82, 2.24) is 4.98 Å². The van der Waals surface area contributed by atoms with E-state index < -0.39 is 29.6 Å². The molecule has 1 N–H and O–H groups in total. The second-order valence-electron chi connectivity index (χ2n) is 9.17. The van der Waals surface area contributed by atoms with Crippen molar-refractivity contribution in [2.45, 2.75) is 32.2 Å². The van der Waals surface area contributed by atoms with Gasteiger partial charge in [-0.25, -0.2) is 0 Å². The van der Waals surface area contributed by atoms with Crippen LogP contribution in [0, 0.1) is 5.92 Å². The molecule has 1 aromatic heterocycles. The highest BCUT2D eigenvalue weighted by Crippen LogP contribution is 2.43. The minimum absolute atomic E-state index is 0.374. The highest BCUT2D eigenvalue weighted by Gasteiger charge is 2.48. The Balaban J connectivity index is 1.56. The number of rotatable bonds is 7. The van der Waals surface area contributed by atoms with E-state index in [1.165, 1.54) is 0 Å². The summed E-state index contributed by atoms with van der Waals surface area (Å²) in [6, 6.07) is 23.0. The second kappa shape index (κ2) is 9.41. The first-order valence-corrected chi connectivity index (χ1v) is 11.7. The van der Waals surface area contributed by atoms with Gasteiger partial charge in [0.2, 0.25) is 0 Å². The molecule has 7 nitrogen and oxygen atoms in total. The number of carbonyl (C=O) groups excluding carboxylic acids is 2. The summed E-state index contributed by atoms with van der Waals surface area (Å²) < 4.78 is 22.6. The predicted molar refractivity (Wildman–Crippen MR) is 134 cm³/mol. The van der Waals surface area contributed by atoms with Crippen molar-refractivity contribution in [3.05, 3.63) is 95.7 Å². The third-order valence-corrected chi connectivity index (χ3v) is 6.27. The van der Waals surface area contributed by atoms with Crippen LogP contribution in [0.15, 0.2) is 79.0 Å². The van der Waals surface area contributed by atoms with Gasteiger partial charge in [0.25, 0.3) is 5.79 Å². The van der Waals surface area contributed by atoms with Crippen LogP contribution in [0.5, 0.6) is 11.5 Å². The number of nitrogens with one attached hydrogen (secondary N) is 1. The SMILES string of the molecule is COc1cc([C@@H](c2c[nH]c3ccccc23)C2C(=O)OC(C)(C)OC2=O)ccc1OCc1ccccc1. The van der Waals surface area contributed by atoms with E-state index in [1.54, 1.807) is 33.1 Å². The molecule has 0 radical (unpaired) electrons. The number of fused-ring (bicyclic) bond motifs is 1. The number of benzene rings is 3. The molecule has 0 spiro atoms. The lowest BCUT2D eigenvalue weighted by atomic mass is 9.80. The van der Waals surface area contributed by atoms with Gasteiger partial charge in [-0.1, -0.05) is 54.6 Å².